The number of hydrogen-bond acceptors (Lipinski definition) is 5. The first-order chi connectivity index (χ1) is 12.5. The van der Waals surface area contributed by atoms with Gasteiger partial charge in [0.05, 0.1) is 23.6 Å². The number of amides is 1. The zero-order valence-electron chi connectivity index (χ0n) is 14.5. The molecular formula is C19H17BrN2O3S. The highest BCUT2D eigenvalue weighted by molar-refractivity contribution is 9.10. The van der Waals surface area contributed by atoms with E-state index in [0.717, 1.165) is 21.3 Å². The Morgan fingerprint density at radius 1 is 1.12 bits per heavy atom. The fourth-order valence-electron chi connectivity index (χ4n) is 2.40. The molecule has 2 aromatic carbocycles. The van der Waals surface area contributed by atoms with Gasteiger partial charge in [0, 0.05) is 0 Å². The number of ether oxygens (including phenoxy) is 2. The summed E-state index contributed by atoms with van der Waals surface area (Å²) < 4.78 is 11.4. The average molecular weight is 433 g/mol. The molecule has 3 rings (SSSR count). The molecule has 0 saturated carbocycles. The predicted octanol–water partition coefficient (Wildman–Crippen LogP) is 4.67. The predicted molar refractivity (Wildman–Crippen MR) is 109 cm³/mol. The molecule has 134 valence electrons. The minimum atomic E-state index is -0.174. The van der Waals surface area contributed by atoms with Gasteiger partial charge in [-0.1, -0.05) is 12.1 Å². The van der Waals surface area contributed by atoms with Gasteiger partial charge in [0.15, 0.2) is 5.17 Å². The van der Waals surface area contributed by atoms with Gasteiger partial charge in [-0.2, -0.15) is 0 Å². The maximum Gasteiger partial charge on any atom is 0.264 e. The largest absolute Gasteiger partial charge is 0.496 e. The van der Waals surface area contributed by atoms with Crippen LogP contribution in [0.1, 0.15) is 11.1 Å². The fourth-order valence-corrected chi connectivity index (χ4v) is 3.79. The lowest BCUT2D eigenvalue weighted by atomic mass is 10.2. The Morgan fingerprint density at radius 3 is 2.54 bits per heavy atom. The summed E-state index contributed by atoms with van der Waals surface area (Å²) in [6.45, 7) is 1.98. The van der Waals surface area contributed by atoms with Crippen molar-refractivity contribution in [2.45, 2.75) is 6.92 Å². The van der Waals surface area contributed by atoms with Crippen molar-refractivity contribution in [2.75, 3.05) is 14.2 Å². The topological polar surface area (TPSA) is 59.9 Å². The molecule has 2 aromatic rings. The first-order valence-electron chi connectivity index (χ1n) is 7.78. The Morgan fingerprint density at radius 2 is 1.85 bits per heavy atom. The third kappa shape index (κ3) is 4.11. The first kappa shape index (κ1) is 18.5. The van der Waals surface area contributed by atoms with E-state index in [4.69, 9.17) is 9.47 Å². The van der Waals surface area contributed by atoms with Crippen molar-refractivity contribution in [3.63, 3.8) is 0 Å². The molecule has 1 amide bonds. The minimum Gasteiger partial charge on any atom is -0.496 e. The summed E-state index contributed by atoms with van der Waals surface area (Å²) in [6.07, 6.45) is 1.82. The van der Waals surface area contributed by atoms with Crippen LogP contribution in [-0.4, -0.2) is 25.3 Å². The summed E-state index contributed by atoms with van der Waals surface area (Å²) in [5.41, 5.74) is 2.65. The Labute approximate surface area is 164 Å². The molecule has 1 aliphatic rings. The van der Waals surface area contributed by atoms with Crippen molar-refractivity contribution in [1.29, 1.82) is 0 Å². The van der Waals surface area contributed by atoms with Crippen molar-refractivity contribution in [1.82, 2.24) is 5.32 Å². The molecular weight excluding hydrogens is 416 g/mol. The number of nitrogens with zero attached hydrogens (tertiary/aromatic N) is 1. The van der Waals surface area contributed by atoms with Crippen LogP contribution < -0.4 is 14.8 Å². The Bertz CT molecular complexity index is 925. The molecule has 0 atom stereocenters. The van der Waals surface area contributed by atoms with Crippen LogP contribution in [0.2, 0.25) is 0 Å². The Hall–Kier alpha value is -2.25. The molecule has 0 aromatic heterocycles. The first-order valence-corrected chi connectivity index (χ1v) is 9.39. The van der Waals surface area contributed by atoms with Crippen LogP contribution in [-0.2, 0) is 4.79 Å². The normalized spacial score (nSPS) is 16.8. The number of methoxy groups -OCH3 is 2. The number of nitrogens with one attached hydrogen (secondary N) is 1. The zero-order chi connectivity index (χ0) is 18.7. The molecule has 0 unspecified atom stereocenters. The van der Waals surface area contributed by atoms with Crippen LogP contribution in [0.5, 0.6) is 11.5 Å². The van der Waals surface area contributed by atoms with E-state index in [1.165, 1.54) is 11.8 Å². The van der Waals surface area contributed by atoms with Gasteiger partial charge >= 0.3 is 0 Å². The quantitative estimate of drug-likeness (QED) is 0.713. The molecule has 0 radical (unpaired) electrons. The minimum absolute atomic E-state index is 0.174. The van der Waals surface area contributed by atoms with Crippen molar-refractivity contribution < 1.29 is 14.3 Å². The van der Waals surface area contributed by atoms with Crippen LogP contribution in [0.3, 0.4) is 0 Å². The van der Waals surface area contributed by atoms with E-state index in [1.54, 1.807) is 14.2 Å². The summed E-state index contributed by atoms with van der Waals surface area (Å²) in [5, 5.41) is 3.32. The van der Waals surface area contributed by atoms with Gasteiger partial charge in [0.25, 0.3) is 5.91 Å². The maximum atomic E-state index is 12.3. The number of aliphatic imine (C=N–C) groups is 1. The highest BCUT2D eigenvalue weighted by Crippen LogP contribution is 2.33. The van der Waals surface area contributed by atoms with E-state index < -0.39 is 0 Å². The lowest BCUT2D eigenvalue weighted by Crippen LogP contribution is -2.19. The molecule has 0 spiro atoms. The molecule has 26 heavy (non-hydrogen) atoms. The molecule has 0 bridgehead atoms. The standard InChI is InChI=1S/C19H17BrN2O3S/c1-11-4-6-16(25-3)14(8-11)21-19-22-18(23)17(26-19)10-12-5-7-15(24-2)13(20)9-12/h4-10H,1-3H3,(H,21,22,23)/b17-10-. The van der Waals surface area contributed by atoms with Gasteiger partial charge in [-0.25, -0.2) is 4.99 Å². The van der Waals surface area contributed by atoms with Gasteiger partial charge in [-0.05, 0) is 76.1 Å². The second kappa shape index (κ2) is 7.97. The van der Waals surface area contributed by atoms with Crippen molar-refractivity contribution >= 4 is 50.5 Å². The van der Waals surface area contributed by atoms with Crippen molar-refractivity contribution in [3.05, 3.63) is 56.9 Å². The number of carbonyl (C=O) groups excluding carboxylic acids is 1. The molecule has 1 saturated heterocycles. The maximum absolute atomic E-state index is 12.3. The van der Waals surface area contributed by atoms with Crippen LogP contribution in [0, 0.1) is 6.92 Å². The molecule has 1 aliphatic heterocycles. The van der Waals surface area contributed by atoms with Gasteiger partial charge < -0.3 is 14.8 Å². The smallest absolute Gasteiger partial charge is 0.264 e. The number of benzene rings is 2. The summed E-state index contributed by atoms with van der Waals surface area (Å²) in [7, 11) is 3.21. The Balaban J connectivity index is 1.87. The number of aryl methyl sites for hydroxylation is 1. The highest BCUT2D eigenvalue weighted by atomic mass is 79.9. The molecule has 1 heterocycles. The second-order valence-electron chi connectivity index (χ2n) is 5.55. The Kier molecular flexibility index (Phi) is 5.68. The summed E-state index contributed by atoms with van der Waals surface area (Å²) in [6, 6.07) is 11.4. The molecule has 1 fully saturated rings. The fraction of sp³-hybridized carbons (Fsp3) is 0.158. The lowest BCUT2D eigenvalue weighted by molar-refractivity contribution is -0.115. The molecule has 0 aliphatic carbocycles. The summed E-state index contributed by atoms with van der Waals surface area (Å²) >= 11 is 4.75. The van der Waals surface area contributed by atoms with Crippen LogP contribution in [0.25, 0.3) is 6.08 Å². The van der Waals surface area contributed by atoms with Crippen LogP contribution in [0.15, 0.2) is 50.8 Å². The van der Waals surface area contributed by atoms with Gasteiger partial charge in [0.1, 0.15) is 17.2 Å². The SMILES string of the molecule is COc1ccc(/C=C2\SC(=Nc3cc(C)ccc3OC)NC2=O)cc1Br. The van der Waals surface area contributed by atoms with E-state index in [1.807, 2.05) is 49.4 Å². The average Bonchev–Trinajstić information content (AvgIpc) is 2.94. The highest BCUT2D eigenvalue weighted by Gasteiger charge is 2.24. The van der Waals surface area contributed by atoms with E-state index in [-0.39, 0.29) is 5.91 Å². The van der Waals surface area contributed by atoms with Gasteiger partial charge in [0.2, 0.25) is 0 Å². The van der Waals surface area contributed by atoms with E-state index in [9.17, 15) is 4.79 Å². The molecule has 5 nitrogen and oxygen atoms in total. The van der Waals surface area contributed by atoms with Gasteiger partial charge in [-0.15, -0.1) is 0 Å². The van der Waals surface area contributed by atoms with E-state index >= 15 is 0 Å². The number of halogens is 1. The number of rotatable bonds is 4. The number of amidine groups is 1. The summed E-state index contributed by atoms with van der Waals surface area (Å²) in [4.78, 5) is 17.4. The number of thioether (sulfide) groups is 1. The van der Waals surface area contributed by atoms with Gasteiger partial charge in [-0.3, -0.25) is 4.79 Å². The number of carbonyl (C=O) groups is 1. The lowest BCUT2D eigenvalue weighted by Gasteiger charge is -2.05. The molecule has 7 heteroatoms. The van der Waals surface area contributed by atoms with Crippen molar-refractivity contribution in [2.24, 2.45) is 4.99 Å². The monoisotopic (exact) mass is 432 g/mol. The van der Waals surface area contributed by atoms with E-state index in [0.29, 0.717) is 21.5 Å². The second-order valence-corrected chi connectivity index (χ2v) is 7.44. The van der Waals surface area contributed by atoms with Crippen LogP contribution >= 0.6 is 27.7 Å². The zero-order valence-corrected chi connectivity index (χ0v) is 16.9. The number of hydrogen-bond donors (Lipinski definition) is 1. The third-order valence-electron chi connectivity index (χ3n) is 3.68. The third-order valence-corrected chi connectivity index (χ3v) is 5.21. The molecule has 1 N–H and O–H groups in total. The van der Waals surface area contributed by atoms with Crippen molar-refractivity contribution in [3.8, 4) is 11.5 Å². The summed E-state index contributed by atoms with van der Waals surface area (Å²) in [5.74, 6) is 1.23. The van der Waals surface area contributed by atoms with E-state index in [2.05, 4.69) is 26.2 Å². The van der Waals surface area contributed by atoms with Crippen LogP contribution in [0.4, 0.5) is 5.69 Å².